The third-order valence-corrected chi connectivity index (χ3v) is 4.87. The molecule has 6 heteroatoms. The molecule has 28 heavy (non-hydrogen) atoms. The number of benzene rings is 1. The van der Waals surface area contributed by atoms with Gasteiger partial charge in [0.2, 0.25) is 11.7 Å². The summed E-state index contributed by atoms with van der Waals surface area (Å²) in [5.41, 5.74) is 1.57. The van der Waals surface area contributed by atoms with Crippen molar-refractivity contribution in [2.45, 2.75) is 41.2 Å². The van der Waals surface area contributed by atoms with Crippen molar-refractivity contribution in [2.75, 3.05) is 0 Å². The number of fused-ring (bicyclic) bond motifs is 1. The predicted octanol–water partition coefficient (Wildman–Crippen LogP) is 3.98. The molecule has 0 atom stereocenters. The first-order valence-corrected chi connectivity index (χ1v) is 9.08. The van der Waals surface area contributed by atoms with Gasteiger partial charge in [-0.05, 0) is 43.9 Å². The minimum Gasteiger partial charge on any atom is -0.494 e. The third kappa shape index (κ3) is 2.99. The number of nitrogens with zero attached hydrogens (tertiary/aromatic N) is 2. The number of nitriles is 1. The molecule has 0 unspecified atom stereocenters. The zero-order chi connectivity index (χ0) is 20.7. The minimum absolute atomic E-state index is 0.0386. The number of aromatic nitrogens is 1. The smallest absolute Gasteiger partial charge is 0.271 e. The number of carbonyl (C=O) groups is 1. The second-order valence-corrected chi connectivity index (χ2v) is 7.50. The van der Waals surface area contributed by atoms with Gasteiger partial charge in [0.25, 0.3) is 5.56 Å². The number of ketones is 1. The predicted molar refractivity (Wildman–Crippen MR) is 106 cm³/mol. The number of hydrogen-bond donors (Lipinski definition) is 1. The Bertz CT molecular complexity index is 1210. The number of aromatic hydroxyl groups is 1. The van der Waals surface area contributed by atoms with Crippen molar-refractivity contribution < 1.29 is 14.3 Å². The topological polar surface area (TPSA) is 96.2 Å². The fourth-order valence-electron chi connectivity index (χ4n) is 3.42. The lowest BCUT2D eigenvalue weighted by Crippen LogP contribution is -2.28. The Kier molecular flexibility index (Phi) is 4.86. The first-order chi connectivity index (χ1) is 13.2. The van der Waals surface area contributed by atoms with E-state index in [2.05, 4.69) is 0 Å². The number of furan rings is 1. The molecule has 0 spiro atoms. The zero-order valence-electron chi connectivity index (χ0n) is 16.6. The summed E-state index contributed by atoms with van der Waals surface area (Å²) in [4.78, 5) is 25.9. The summed E-state index contributed by atoms with van der Waals surface area (Å²) >= 11 is 0. The molecule has 0 fully saturated rings. The number of rotatable bonds is 4. The van der Waals surface area contributed by atoms with Gasteiger partial charge < -0.3 is 9.52 Å². The van der Waals surface area contributed by atoms with Gasteiger partial charge in [-0.15, -0.1) is 0 Å². The van der Waals surface area contributed by atoms with Crippen LogP contribution in [0.5, 0.6) is 5.88 Å². The molecule has 2 heterocycles. The SMILES string of the molecule is Cc1ccc2c(C)c(C(=O)c3c(C)c(C#N)c(=O)n(CC(C)C)c3O)oc2c1. The molecule has 0 saturated heterocycles. The second kappa shape index (κ2) is 7.01. The van der Waals surface area contributed by atoms with Crippen molar-refractivity contribution in [2.24, 2.45) is 5.92 Å². The van der Waals surface area contributed by atoms with Gasteiger partial charge in [-0.25, -0.2) is 0 Å². The lowest BCUT2D eigenvalue weighted by atomic mass is 9.98. The van der Waals surface area contributed by atoms with E-state index in [1.54, 1.807) is 6.92 Å². The van der Waals surface area contributed by atoms with Gasteiger partial charge in [-0.3, -0.25) is 14.2 Å². The number of pyridine rings is 1. The average molecular weight is 378 g/mol. The van der Waals surface area contributed by atoms with E-state index in [9.17, 15) is 20.0 Å². The van der Waals surface area contributed by atoms with E-state index in [-0.39, 0.29) is 34.9 Å². The molecule has 0 aliphatic carbocycles. The van der Waals surface area contributed by atoms with Gasteiger partial charge in [-0.1, -0.05) is 26.0 Å². The first-order valence-electron chi connectivity index (χ1n) is 9.08. The van der Waals surface area contributed by atoms with Gasteiger partial charge in [-0.2, -0.15) is 5.26 Å². The molecule has 0 amide bonds. The van der Waals surface area contributed by atoms with Crippen LogP contribution in [0.25, 0.3) is 11.0 Å². The highest BCUT2D eigenvalue weighted by Crippen LogP contribution is 2.31. The molecule has 0 saturated carbocycles. The van der Waals surface area contributed by atoms with Crippen LogP contribution in [-0.4, -0.2) is 15.5 Å². The Morgan fingerprint density at radius 2 is 1.93 bits per heavy atom. The fourth-order valence-corrected chi connectivity index (χ4v) is 3.42. The normalized spacial score (nSPS) is 11.2. The van der Waals surface area contributed by atoms with Crippen LogP contribution in [0.4, 0.5) is 0 Å². The van der Waals surface area contributed by atoms with E-state index in [1.807, 2.05) is 45.0 Å². The molecule has 0 aliphatic rings. The summed E-state index contributed by atoms with van der Waals surface area (Å²) in [6.07, 6.45) is 0. The fraction of sp³-hybridized carbons (Fsp3) is 0.318. The molecule has 3 rings (SSSR count). The van der Waals surface area contributed by atoms with Gasteiger partial charge in [0.05, 0.1) is 5.56 Å². The van der Waals surface area contributed by atoms with Gasteiger partial charge in [0, 0.05) is 17.5 Å². The molecule has 0 radical (unpaired) electrons. The van der Waals surface area contributed by atoms with Crippen molar-refractivity contribution in [3.05, 3.63) is 62.1 Å². The number of carbonyl (C=O) groups excluding carboxylic acids is 1. The summed E-state index contributed by atoms with van der Waals surface area (Å²) < 4.78 is 6.89. The summed E-state index contributed by atoms with van der Waals surface area (Å²) in [6, 6.07) is 7.52. The average Bonchev–Trinajstić information content (AvgIpc) is 2.94. The molecule has 3 aromatic rings. The quantitative estimate of drug-likeness (QED) is 0.693. The third-order valence-electron chi connectivity index (χ3n) is 4.87. The molecule has 2 aromatic heterocycles. The Morgan fingerprint density at radius 3 is 2.54 bits per heavy atom. The van der Waals surface area contributed by atoms with Crippen molar-refractivity contribution in [3.8, 4) is 11.9 Å². The van der Waals surface area contributed by atoms with Crippen LogP contribution in [0, 0.1) is 38.0 Å². The maximum Gasteiger partial charge on any atom is 0.271 e. The standard InChI is InChI=1S/C22H22N2O4/c1-11(2)10-24-21(26)16(9-23)13(4)18(22(24)27)19(25)20-14(5)15-7-6-12(3)8-17(15)28-20/h6-8,11,27H,10H2,1-5H3. The molecular formula is C22H22N2O4. The molecule has 0 bridgehead atoms. The lowest BCUT2D eigenvalue weighted by molar-refractivity contribution is 0.100. The van der Waals surface area contributed by atoms with Gasteiger partial charge >= 0.3 is 0 Å². The Hall–Kier alpha value is -3.33. The molecule has 1 N–H and O–H groups in total. The van der Waals surface area contributed by atoms with Gasteiger partial charge in [0.15, 0.2) is 5.76 Å². The van der Waals surface area contributed by atoms with Crippen molar-refractivity contribution >= 4 is 16.8 Å². The molecule has 6 nitrogen and oxygen atoms in total. The van der Waals surface area contributed by atoms with Crippen LogP contribution in [0.15, 0.2) is 27.4 Å². The van der Waals surface area contributed by atoms with Crippen LogP contribution in [0.3, 0.4) is 0 Å². The first kappa shape index (κ1) is 19.4. The maximum atomic E-state index is 13.3. The van der Waals surface area contributed by atoms with Crippen molar-refractivity contribution in [1.82, 2.24) is 4.57 Å². The molecule has 0 aliphatic heterocycles. The highest BCUT2D eigenvalue weighted by molar-refractivity contribution is 6.12. The number of hydrogen-bond acceptors (Lipinski definition) is 5. The zero-order valence-corrected chi connectivity index (χ0v) is 16.6. The lowest BCUT2D eigenvalue weighted by Gasteiger charge is -2.16. The maximum absolute atomic E-state index is 13.3. The van der Waals surface area contributed by atoms with Crippen LogP contribution < -0.4 is 5.56 Å². The van der Waals surface area contributed by atoms with E-state index in [1.165, 1.54) is 6.92 Å². The van der Waals surface area contributed by atoms with E-state index in [0.29, 0.717) is 11.1 Å². The van der Waals surface area contributed by atoms with Crippen LogP contribution >= 0.6 is 0 Å². The van der Waals surface area contributed by atoms with E-state index in [4.69, 9.17) is 4.42 Å². The second-order valence-electron chi connectivity index (χ2n) is 7.50. The molecule has 144 valence electrons. The summed E-state index contributed by atoms with van der Waals surface area (Å²) in [7, 11) is 0. The van der Waals surface area contributed by atoms with Crippen LogP contribution in [0.2, 0.25) is 0 Å². The van der Waals surface area contributed by atoms with E-state index >= 15 is 0 Å². The largest absolute Gasteiger partial charge is 0.494 e. The Balaban J connectivity index is 2.29. The highest BCUT2D eigenvalue weighted by atomic mass is 16.3. The Morgan fingerprint density at radius 1 is 1.25 bits per heavy atom. The van der Waals surface area contributed by atoms with E-state index < -0.39 is 17.2 Å². The summed E-state index contributed by atoms with van der Waals surface area (Å²) in [5.74, 6) is -0.846. The molecule has 1 aromatic carbocycles. The minimum atomic E-state index is -0.597. The summed E-state index contributed by atoms with van der Waals surface area (Å²) in [5, 5.41) is 21.0. The Labute approximate surface area is 162 Å². The van der Waals surface area contributed by atoms with E-state index in [0.717, 1.165) is 15.5 Å². The van der Waals surface area contributed by atoms with Gasteiger partial charge in [0.1, 0.15) is 17.2 Å². The number of aryl methyl sites for hydroxylation is 2. The molecular weight excluding hydrogens is 356 g/mol. The van der Waals surface area contributed by atoms with Crippen LogP contribution in [-0.2, 0) is 6.54 Å². The highest BCUT2D eigenvalue weighted by Gasteiger charge is 2.28. The monoisotopic (exact) mass is 378 g/mol. The van der Waals surface area contributed by atoms with Crippen LogP contribution in [0.1, 0.15) is 52.2 Å². The summed E-state index contributed by atoms with van der Waals surface area (Å²) in [6.45, 7) is 9.15. The van der Waals surface area contributed by atoms with Crippen molar-refractivity contribution in [1.29, 1.82) is 5.26 Å². The van der Waals surface area contributed by atoms with Crippen molar-refractivity contribution in [3.63, 3.8) is 0 Å².